The van der Waals surface area contributed by atoms with Gasteiger partial charge in [0, 0.05) is 28.9 Å². The lowest BCUT2D eigenvalue weighted by atomic mass is 9.78. The molecule has 3 aromatic rings. The van der Waals surface area contributed by atoms with Crippen molar-refractivity contribution in [1.29, 1.82) is 0 Å². The molecule has 1 unspecified atom stereocenters. The van der Waals surface area contributed by atoms with E-state index in [1.807, 2.05) is 35.8 Å². The van der Waals surface area contributed by atoms with Crippen LogP contribution < -0.4 is 14.8 Å². The molecule has 0 bridgehead atoms. The molecule has 5 nitrogen and oxygen atoms in total. The van der Waals surface area contributed by atoms with E-state index in [1.54, 1.807) is 18.4 Å². The van der Waals surface area contributed by atoms with Crippen molar-refractivity contribution in [2.45, 2.75) is 48.8 Å². The Balaban J connectivity index is 1.55. The zero-order chi connectivity index (χ0) is 21.4. The SMILES string of the molecule is COc1ccccc1SNc1cc(C(C)c2nccs2)c2c(c1)C1(CCCC1)C(=O)N2. The smallest absolute Gasteiger partial charge is 0.235 e. The number of amides is 1. The van der Waals surface area contributed by atoms with Gasteiger partial charge in [0.2, 0.25) is 5.91 Å². The first-order valence-electron chi connectivity index (χ1n) is 10.6. The van der Waals surface area contributed by atoms with Crippen molar-refractivity contribution in [2.24, 2.45) is 0 Å². The van der Waals surface area contributed by atoms with Crippen LogP contribution in [0.2, 0.25) is 0 Å². The minimum Gasteiger partial charge on any atom is -0.496 e. The van der Waals surface area contributed by atoms with Crippen molar-refractivity contribution in [3.8, 4) is 5.75 Å². The second kappa shape index (κ2) is 8.20. The summed E-state index contributed by atoms with van der Waals surface area (Å²) in [4.78, 5) is 18.7. The van der Waals surface area contributed by atoms with Crippen LogP contribution in [0.3, 0.4) is 0 Å². The number of para-hydroxylation sites is 1. The van der Waals surface area contributed by atoms with E-state index < -0.39 is 0 Å². The van der Waals surface area contributed by atoms with Crippen molar-refractivity contribution in [1.82, 2.24) is 4.98 Å². The van der Waals surface area contributed by atoms with Crippen LogP contribution in [0.5, 0.6) is 5.75 Å². The fourth-order valence-corrected chi connectivity index (χ4v) is 6.27. The molecule has 1 saturated carbocycles. The highest BCUT2D eigenvalue weighted by atomic mass is 32.2. The van der Waals surface area contributed by atoms with Crippen LogP contribution in [0.15, 0.2) is 52.9 Å². The number of carbonyl (C=O) groups excluding carboxylic acids is 1. The lowest BCUT2D eigenvalue weighted by Crippen LogP contribution is -2.30. The molecule has 0 radical (unpaired) electrons. The van der Waals surface area contributed by atoms with E-state index >= 15 is 0 Å². The monoisotopic (exact) mass is 451 g/mol. The number of methoxy groups -OCH3 is 1. The number of rotatable bonds is 6. The van der Waals surface area contributed by atoms with Gasteiger partial charge < -0.3 is 14.8 Å². The molecule has 0 saturated heterocycles. The third-order valence-corrected chi connectivity index (χ3v) is 8.30. The molecule has 1 amide bonds. The first-order chi connectivity index (χ1) is 15.1. The highest BCUT2D eigenvalue weighted by Gasteiger charge is 2.49. The summed E-state index contributed by atoms with van der Waals surface area (Å²) in [6.45, 7) is 2.16. The van der Waals surface area contributed by atoms with Gasteiger partial charge in [0.15, 0.2) is 0 Å². The molecule has 31 heavy (non-hydrogen) atoms. The Hall–Kier alpha value is -2.51. The molecule has 1 spiro atoms. The van der Waals surface area contributed by atoms with Gasteiger partial charge in [-0.3, -0.25) is 4.79 Å². The maximum absolute atomic E-state index is 13.1. The van der Waals surface area contributed by atoms with Crippen molar-refractivity contribution < 1.29 is 9.53 Å². The number of fused-ring (bicyclic) bond motifs is 2. The Morgan fingerprint density at radius 1 is 1.26 bits per heavy atom. The standard InChI is InChI=1S/C24H25N3O2S2/c1-15(22-25-11-12-30-22)17-13-16(27-31-20-8-4-3-7-19(20)29-2)14-18-21(17)26-23(28)24(18)9-5-6-10-24/h3-4,7-8,11-15,27H,5-6,9-10H2,1-2H3,(H,26,28). The molecule has 2 aromatic carbocycles. The lowest BCUT2D eigenvalue weighted by molar-refractivity contribution is -0.120. The predicted octanol–water partition coefficient (Wildman–Crippen LogP) is 6.19. The number of benzene rings is 2. The predicted molar refractivity (Wildman–Crippen MR) is 127 cm³/mol. The summed E-state index contributed by atoms with van der Waals surface area (Å²) < 4.78 is 8.99. The first-order valence-corrected chi connectivity index (χ1v) is 12.3. The number of carbonyl (C=O) groups is 1. The van der Waals surface area contributed by atoms with E-state index in [9.17, 15) is 4.79 Å². The van der Waals surface area contributed by atoms with Crippen LogP contribution in [-0.4, -0.2) is 18.0 Å². The zero-order valence-corrected chi connectivity index (χ0v) is 19.2. The van der Waals surface area contributed by atoms with Crippen molar-refractivity contribution in [3.05, 3.63) is 64.1 Å². The number of aromatic nitrogens is 1. The number of thiazole rings is 1. The van der Waals surface area contributed by atoms with Gasteiger partial charge >= 0.3 is 0 Å². The van der Waals surface area contributed by atoms with Gasteiger partial charge in [0.05, 0.1) is 22.4 Å². The number of hydrogen-bond acceptors (Lipinski definition) is 6. The zero-order valence-electron chi connectivity index (χ0n) is 17.6. The summed E-state index contributed by atoms with van der Waals surface area (Å²) in [5, 5.41) is 6.30. The molecular weight excluding hydrogens is 426 g/mol. The summed E-state index contributed by atoms with van der Waals surface area (Å²) >= 11 is 3.18. The van der Waals surface area contributed by atoms with Gasteiger partial charge in [0.1, 0.15) is 5.75 Å². The second-order valence-electron chi connectivity index (χ2n) is 8.18. The number of nitrogens with zero attached hydrogens (tertiary/aromatic N) is 1. The van der Waals surface area contributed by atoms with Gasteiger partial charge in [-0.25, -0.2) is 4.98 Å². The second-order valence-corrected chi connectivity index (χ2v) is 9.95. The van der Waals surface area contributed by atoms with Crippen molar-refractivity contribution in [3.63, 3.8) is 0 Å². The van der Waals surface area contributed by atoms with Gasteiger partial charge in [-0.1, -0.05) is 31.9 Å². The van der Waals surface area contributed by atoms with Crippen LogP contribution in [0.25, 0.3) is 0 Å². The normalized spacial score (nSPS) is 17.4. The summed E-state index contributed by atoms with van der Waals surface area (Å²) in [6.07, 6.45) is 5.86. The van der Waals surface area contributed by atoms with Crippen molar-refractivity contribution >= 4 is 40.6 Å². The molecule has 2 N–H and O–H groups in total. The summed E-state index contributed by atoms with van der Waals surface area (Å²) in [5.74, 6) is 1.09. The molecule has 1 atom stereocenters. The number of anilines is 2. The minimum atomic E-state index is -0.389. The molecule has 5 rings (SSSR count). The third kappa shape index (κ3) is 3.49. The van der Waals surface area contributed by atoms with Gasteiger partial charge in [-0.05, 0) is 60.2 Å². The van der Waals surface area contributed by atoms with Crippen LogP contribution in [0.1, 0.15) is 54.7 Å². The lowest BCUT2D eigenvalue weighted by Gasteiger charge is -2.23. The number of nitrogens with one attached hydrogen (secondary N) is 2. The van der Waals surface area contributed by atoms with E-state index in [0.29, 0.717) is 0 Å². The molecule has 1 aliphatic carbocycles. The van der Waals surface area contributed by atoms with Crippen LogP contribution in [-0.2, 0) is 10.2 Å². The fourth-order valence-electron chi connectivity index (χ4n) is 4.81. The highest BCUT2D eigenvalue weighted by Crippen LogP contribution is 2.52. The molecule has 2 heterocycles. The largest absolute Gasteiger partial charge is 0.496 e. The Morgan fingerprint density at radius 2 is 2.06 bits per heavy atom. The average Bonchev–Trinajstić information content (AvgIpc) is 3.55. The summed E-state index contributed by atoms with van der Waals surface area (Å²) in [7, 11) is 1.68. The Bertz CT molecular complexity index is 1110. The summed E-state index contributed by atoms with van der Waals surface area (Å²) in [5.41, 5.74) is 3.85. The van der Waals surface area contributed by atoms with E-state index in [1.165, 1.54) is 11.9 Å². The first kappa shape index (κ1) is 20.4. The third-order valence-electron chi connectivity index (χ3n) is 6.45. The van der Waals surface area contributed by atoms with Gasteiger partial charge in [-0.2, -0.15) is 0 Å². The van der Waals surface area contributed by atoms with Crippen LogP contribution >= 0.6 is 23.3 Å². The maximum atomic E-state index is 13.1. The Kier molecular flexibility index (Phi) is 5.40. The Morgan fingerprint density at radius 3 is 2.81 bits per heavy atom. The summed E-state index contributed by atoms with van der Waals surface area (Å²) in [6, 6.07) is 12.3. The fraction of sp³-hybridized carbons (Fsp3) is 0.333. The van der Waals surface area contributed by atoms with Crippen LogP contribution in [0.4, 0.5) is 11.4 Å². The van der Waals surface area contributed by atoms with E-state index in [-0.39, 0.29) is 17.2 Å². The van der Waals surface area contributed by atoms with E-state index in [2.05, 4.69) is 34.1 Å². The van der Waals surface area contributed by atoms with Gasteiger partial charge in [0.25, 0.3) is 0 Å². The molecule has 1 aromatic heterocycles. The average molecular weight is 452 g/mol. The molecule has 1 aliphatic heterocycles. The van der Waals surface area contributed by atoms with E-state index in [4.69, 9.17) is 4.74 Å². The Labute approximate surface area is 190 Å². The van der Waals surface area contributed by atoms with E-state index in [0.717, 1.165) is 63.8 Å². The maximum Gasteiger partial charge on any atom is 0.235 e. The topological polar surface area (TPSA) is 63.2 Å². The minimum absolute atomic E-state index is 0.101. The van der Waals surface area contributed by atoms with Crippen LogP contribution in [0, 0.1) is 0 Å². The van der Waals surface area contributed by atoms with Gasteiger partial charge in [-0.15, -0.1) is 11.3 Å². The molecule has 1 fully saturated rings. The van der Waals surface area contributed by atoms with Crippen molar-refractivity contribution in [2.75, 3.05) is 17.1 Å². The quantitative estimate of drug-likeness (QED) is 0.438. The highest BCUT2D eigenvalue weighted by molar-refractivity contribution is 8.00. The molecule has 2 aliphatic rings. The molecule has 7 heteroatoms. The number of hydrogen-bond donors (Lipinski definition) is 2. The molecule has 160 valence electrons. The number of ether oxygens (including phenoxy) is 1. The molecular formula is C24H25N3O2S2.